The first-order valence-electron chi connectivity index (χ1n) is 9.67. The molecule has 3 aromatic rings. The van der Waals surface area contributed by atoms with Crippen molar-refractivity contribution in [2.75, 3.05) is 16.8 Å². The summed E-state index contributed by atoms with van der Waals surface area (Å²) >= 11 is 1.65. The number of carbonyl (C=O) groups excluding carboxylic acids is 1. The molecule has 1 aromatic heterocycles. The zero-order valence-corrected chi connectivity index (χ0v) is 17.9. The Kier molecular flexibility index (Phi) is 4.90. The Morgan fingerprint density at radius 1 is 1.21 bits per heavy atom. The molecule has 1 aliphatic heterocycles. The van der Waals surface area contributed by atoms with Crippen molar-refractivity contribution in [2.24, 2.45) is 0 Å². The van der Waals surface area contributed by atoms with Crippen LogP contribution in [0.5, 0.6) is 0 Å². The van der Waals surface area contributed by atoms with Crippen molar-refractivity contribution in [3.8, 4) is 11.3 Å². The summed E-state index contributed by atoms with van der Waals surface area (Å²) < 4.78 is 13.5. The quantitative estimate of drug-likeness (QED) is 0.606. The molecular formula is C23H24FN3OS. The van der Waals surface area contributed by atoms with Crippen molar-refractivity contribution in [3.05, 3.63) is 64.3 Å². The summed E-state index contributed by atoms with van der Waals surface area (Å²) in [4.78, 5) is 20.5. The molecule has 0 bridgehead atoms. The van der Waals surface area contributed by atoms with E-state index in [9.17, 15) is 9.18 Å². The molecule has 0 atom stereocenters. The maximum Gasteiger partial charge on any atom is 0.258 e. The van der Waals surface area contributed by atoms with Gasteiger partial charge in [0.2, 0.25) is 0 Å². The third-order valence-corrected chi connectivity index (χ3v) is 5.73. The number of benzene rings is 2. The van der Waals surface area contributed by atoms with E-state index in [1.54, 1.807) is 28.4 Å². The van der Waals surface area contributed by atoms with E-state index in [4.69, 9.17) is 4.98 Å². The topological polar surface area (TPSA) is 45.2 Å². The number of nitrogens with zero attached hydrogens (tertiary/aromatic N) is 2. The first-order valence-corrected chi connectivity index (χ1v) is 10.5. The number of hydrogen-bond acceptors (Lipinski definition) is 4. The highest BCUT2D eigenvalue weighted by Crippen LogP contribution is 2.36. The normalized spacial score (nSPS) is 13.5. The number of aryl methyl sites for hydroxylation is 1. The first-order chi connectivity index (χ1) is 13.7. The molecule has 4 rings (SSSR count). The van der Waals surface area contributed by atoms with Gasteiger partial charge in [-0.25, -0.2) is 9.37 Å². The fraction of sp³-hybridized carbons (Fsp3) is 0.304. The summed E-state index contributed by atoms with van der Waals surface area (Å²) in [6.45, 7) is 9.02. The molecular weight excluding hydrogens is 385 g/mol. The standard InChI is InChI=1S/C23H24FN3OS/c1-14-20(25-22(29-14)26-23(2,3)4)16-8-9-19-15(12-16)10-11-27(19)21(28)17-6-5-7-18(24)13-17/h5-9,12-13H,10-11H2,1-4H3,(H,25,26). The zero-order valence-electron chi connectivity index (χ0n) is 17.0. The smallest absolute Gasteiger partial charge is 0.258 e. The van der Waals surface area contributed by atoms with Crippen LogP contribution in [0.25, 0.3) is 11.3 Å². The van der Waals surface area contributed by atoms with E-state index in [1.807, 2.05) is 12.1 Å². The number of rotatable bonds is 3. The molecule has 4 nitrogen and oxygen atoms in total. The van der Waals surface area contributed by atoms with Crippen LogP contribution in [0.2, 0.25) is 0 Å². The van der Waals surface area contributed by atoms with Gasteiger partial charge in [0.05, 0.1) is 5.69 Å². The van der Waals surface area contributed by atoms with E-state index < -0.39 is 5.82 Å². The van der Waals surface area contributed by atoms with E-state index in [0.717, 1.165) is 38.9 Å². The van der Waals surface area contributed by atoms with Gasteiger partial charge in [-0.2, -0.15) is 0 Å². The summed E-state index contributed by atoms with van der Waals surface area (Å²) in [5.41, 5.74) is 4.36. The number of hydrogen-bond donors (Lipinski definition) is 1. The summed E-state index contributed by atoms with van der Waals surface area (Å²) in [7, 11) is 0. The number of carbonyl (C=O) groups is 1. The summed E-state index contributed by atoms with van der Waals surface area (Å²) in [6.07, 6.45) is 0.778. The van der Waals surface area contributed by atoms with Crippen molar-refractivity contribution in [3.63, 3.8) is 0 Å². The fourth-order valence-corrected chi connectivity index (χ4v) is 4.62. The SMILES string of the molecule is Cc1sc(NC(C)(C)C)nc1-c1ccc2c(c1)CCN2C(=O)c1cccc(F)c1. The van der Waals surface area contributed by atoms with Crippen LogP contribution in [0, 0.1) is 12.7 Å². The van der Waals surface area contributed by atoms with Gasteiger partial charge in [0.1, 0.15) is 5.82 Å². The molecule has 29 heavy (non-hydrogen) atoms. The highest BCUT2D eigenvalue weighted by Gasteiger charge is 2.26. The van der Waals surface area contributed by atoms with Gasteiger partial charge in [-0.3, -0.25) is 4.79 Å². The number of aromatic nitrogens is 1. The number of thiazole rings is 1. The molecule has 0 radical (unpaired) electrons. The highest BCUT2D eigenvalue weighted by atomic mass is 32.1. The van der Waals surface area contributed by atoms with Crippen LogP contribution in [-0.4, -0.2) is 23.0 Å². The van der Waals surface area contributed by atoms with Gasteiger partial charge in [-0.15, -0.1) is 11.3 Å². The Hall–Kier alpha value is -2.73. The van der Waals surface area contributed by atoms with Crippen LogP contribution in [0.1, 0.15) is 41.6 Å². The van der Waals surface area contributed by atoms with Crippen molar-refractivity contribution in [1.29, 1.82) is 0 Å². The molecule has 1 aliphatic rings. The number of anilines is 2. The lowest BCUT2D eigenvalue weighted by Crippen LogP contribution is -2.28. The Balaban J connectivity index is 1.62. The van der Waals surface area contributed by atoms with Crippen LogP contribution >= 0.6 is 11.3 Å². The minimum atomic E-state index is -0.399. The van der Waals surface area contributed by atoms with Crippen molar-refractivity contribution in [2.45, 2.75) is 39.7 Å². The van der Waals surface area contributed by atoms with Gasteiger partial charge in [0, 0.05) is 33.8 Å². The minimum absolute atomic E-state index is 0.0444. The lowest BCUT2D eigenvalue weighted by molar-refractivity contribution is 0.0989. The molecule has 1 amide bonds. The van der Waals surface area contributed by atoms with Crippen molar-refractivity contribution in [1.82, 2.24) is 4.98 Å². The average molecular weight is 410 g/mol. The molecule has 150 valence electrons. The molecule has 0 spiro atoms. The number of amides is 1. The van der Waals surface area contributed by atoms with Gasteiger partial charge >= 0.3 is 0 Å². The molecule has 0 saturated heterocycles. The Morgan fingerprint density at radius 2 is 2.00 bits per heavy atom. The maximum atomic E-state index is 13.5. The largest absolute Gasteiger partial charge is 0.357 e. The van der Waals surface area contributed by atoms with E-state index in [1.165, 1.54) is 12.1 Å². The lowest BCUT2D eigenvalue weighted by atomic mass is 10.1. The summed E-state index contributed by atoms with van der Waals surface area (Å²) in [5, 5.41) is 4.34. The summed E-state index contributed by atoms with van der Waals surface area (Å²) in [6, 6.07) is 12.0. The molecule has 0 fully saturated rings. The average Bonchev–Trinajstić information content (AvgIpc) is 3.22. The van der Waals surface area contributed by atoms with Crippen LogP contribution in [0.4, 0.5) is 15.2 Å². The summed E-state index contributed by atoms with van der Waals surface area (Å²) in [5.74, 6) is -0.568. The number of fused-ring (bicyclic) bond motifs is 1. The predicted molar refractivity (Wildman–Crippen MR) is 117 cm³/mol. The third-order valence-electron chi connectivity index (χ3n) is 4.84. The predicted octanol–water partition coefficient (Wildman–Crippen LogP) is 5.67. The van der Waals surface area contributed by atoms with Gasteiger partial charge in [-0.1, -0.05) is 12.1 Å². The van der Waals surface area contributed by atoms with Crippen LogP contribution in [0.3, 0.4) is 0 Å². The van der Waals surface area contributed by atoms with Crippen molar-refractivity contribution >= 4 is 28.1 Å². The van der Waals surface area contributed by atoms with Crippen LogP contribution in [0.15, 0.2) is 42.5 Å². The van der Waals surface area contributed by atoms with Crippen LogP contribution in [-0.2, 0) is 6.42 Å². The van der Waals surface area contributed by atoms with Gasteiger partial charge in [0.25, 0.3) is 5.91 Å². The van der Waals surface area contributed by atoms with E-state index >= 15 is 0 Å². The molecule has 0 aliphatic carbocycles. The zero-order chi connectivity index (χ0) is 20.8. The second-order valence-corrected chi connectivity index (χ2v) is 9.56. The Labute approximate surface area is 174 Å². The van der Waals surface area contributed by atoms with Gasteiger partial charge < -0.3 is 10.2 Å². The Morgan fingerprint density at radius 3 is 2.72 bits per heavy atom. The van der Waals surface area contributed by atoms with E-state index in [0.29, 0.717) is 12.1 Å². The molecule has 2 aromatic carbocycles. The van der Waals surface area contributed by atoms with Crippen LogP contribution < -0.4 is 10.2 Å². The second-order valence-electron chi connectivity index (χ2n) is 8.36. The molecule has 6 heteroatoms. The highest BCUT2D eigenvalue weighted by molar-refractivity contribution is 7.16. The molecule has 0 saturated carbocycles. The monoisotopic (exact) mass is 409 g/mol. The fourth-order valence-electron chi connectivity index (χ4n) is 3.58. The second kappa shape index (κ2) is 7.26. The van der Waals surface area contributed by atoms with E-state index in [2.05, 4.69) is 39.1 Å². The van der Waals surface area contributed by atoms with Crippen molar-refractivity contribution < 1.29 is 9.18 Å². The minimum Gasteiger partial charge on any atom is -0.357 e. The maximum absolute atomic E-state index is 13.5. The van der Waals surface area contributed by atoms with Gasteiger partial charge in [-0.05, 0) is 70.0 Å². The molecule has 1 N–H and O–H groups in total. The lowest BCUT2D eigenvalue weighted by Gasteiger charge is -2.19. The Bertz CT molecular complexity index is 1080. The number of nitrogens with one attached hydrogen (secondary N) is 1. The third kappa shape index (κ3) is 4.03. The molecule has 2 heterocycles. The van der Waals surface area contributed by atoms with Gasteiger partial charge in [0.15, 0.2) is 5.13 Å². The first kappa shape index (κ1) is 19.6. The number of halogens is 1. The molecule has 0 unspecified atom stereocenters. The van der Waals surface area contributed by atoms with E-state index in [-0.39, 0.29) is 11.4 Å².